The first kappa shape index (κ1) is 25.2. The summed E-state index contributed by atoms with van der Waals surface area (Å²) in [5.41, 5.74) is 1.42. The van der Waals surface area contributed by atoms with Gasteiger partial charge in [-0.25, -0.2) is 13.2 Å². The summed E-state index contributed by atoms with van der Waals surface area (Å²) in [7, 11) is 0. The lowest BCUT2D eigenvalue weighted by Gasteiger charge is -2.14. The van der Waals surface area contributed by atoms with Gasteiger partial charge in [-0.1, -0.05) is 63.1 Å². The van der Waals surface area contributed by atoms with Crippen molar-refractivity contribution in [1.82, 2.24) is 0 Å². The van der Waals surface area contributed by atoms with Crippen molar-refractivity contribution in [3.63, 3.8) is 0 Å². The van der Waals surface area contributed by atoms with E-state index < -0.39 is 23.3 Å². The number of hydrogen-bond acceptors (Lipinski definition) is 2. The van der Waals surface area contributed by atoms with Crippen LogP contribution in [0.3, 0.4) is 0 Å². The summed E-state index contributed by atoms with van der Waals surface area (Å²) in [4.78, 5) is 0. The van der Waals surface area contributed by atoms with Crippen LogP contribution in [0.4, 0.5) is 17.6 Å². The molecule has 3 aromatic rings. The lowest BCUT2D eigenvalue weighted by molar-refractivity contribution is 0.0396. The highest BCUT2D eigenvalue weighted by Gasteiger charge is 2.26. The van der Waals surface area contributed by atoms with E-state index in [1.54, 1.807) is 0 Å². The van der Waals surface area contributed by atoms with Crippen molar-refractivity contribution in [2.45, 2.75) is 71.2 Å². The fourth-order valence-electron chi connectivity index (χ4n) is 4.59. The second-order valence-corrected chi connectivity index (χ2v) is 9.03. The molecule has 35 heavy (non-hydrogen) atoms. The maximum Gasteiger partial charge on any atom is 0.201 e. The molecular weight excluding hydrogens is 456 g/mol. The first-order valence-electron chi connectivity index (χ1n) is 12.2. The van der Waals surface area contributed by atoms with Crippen LogP contribution in [0, 0.1) is 23.3 Å². The molecule has 0 amide bonds. The number of halogens is 4. The van der Waals surface area contributed by atoms with Gasteiger partial charge in [0, 0.05) is 11.1 Å². The van der Waals surface area contributed by atoms with E-state index in [2.05, 4.69) is 6.92 Å². The molecule has 0 N–H and O–H groups in total. The average Bonchev–Trinajstić information content (AvgIpc) is 3.33. The Morgan fingerprint density at radius 1 is 0.771 bits per heavy atom. The minimum Gasteiger partial charge on any atom is -0.486 e. The van der Waals surface area contributed by atoms with Crippen molar-refractivity contribution < 1.29 is 27.0 Å². The van der Waals surface area contributed by atoms with Crippen LogP contribution in [0.25, 0.3) is 11.1 Å². The minimum atomic E-state index is -1.28. The number of ether oxygens (including phenoxy) is 2. The molecule has 186 valence electrons. The zero-order valence-corrected chi connectivity index (χ0v) is 20.1. The van der Waals surface area contributed by atoms with Gasteiger partial charge in [0.05, 0.1) is 12.2 Å². The maximum absolute atomic E-state index is 14.8. The molecule has 0 saturated carbocycles. The third kappa shape index (κ3) is 5.53. The van der Waals surface area contributed by atoms with Crippen molar-refractivity contribution in [2.75, 3.05) is 0 Å². The highest BCUT2D eigenvalue weighted by molar-refractivity contribution is 5.66. The lowest BCUT2D eigenvalue weighted by Crippen LogP contribution is -2.06. The van der Waals surface area contributed by atoms with E-state index in [0.29, 0.717) is 18.9 Å². The highest BCUT2D eigenvalue weighted by atomic mass is 19.2. The molecule has 0 radical (unpaired) electrons. The number of benzene rings is 3. The number of aryl methyl sites for hydroxylation is 1. The van der Waals surface area contributed by atoms with Crippen LogP contribution in [-0.2, 0) is 17.8 Å². The molecule has 0 spiro atoms. The van der Waals surface area contributed by atoms with E-state index in [-0.39, 0.29) is 35.2 Å². The largest absolute Gasteiger partial charge is 0.486 e. The first-order chi connectivity index (χ1) is 16.9. The summed E-state index contributed by atoms with van der Waals surface area (Å²) in [6, 6.07) is 12.8. The summed E-state index contributed by atoms with van der Waals surface area (Å²) >= 11 is 0. The van der Waals surface area contributed by atoms with E-state index in [9.17, 15) is 17.6 Å². The molecule has 4 rings (SSSR count). The quantitative estimate of drug-likeness (QED) is 0.283. The van der Waals surface area contributed by atoms with E-state index in [4.69, 9.17) is 9.47 Å². The molecule has 0 bridgehead atoms. The van der Waals surface area contributed by atoms with Crippen molar-refractivity contribution in [3.05, 3.63) is 88.5 Å². The van der Waals surface area contributed by atoms with Crippen LogP contribution in [0.1, 0.15) is 68.7 Å². The van der Waals surface area contributed by atoms with Gasteiger partial charge in [0.1, 0.15) is 6.61 Å². The van der Waals surface area contributed by atoms with Crippen LogP contribution in [0.2, 0.25) is 0 Å². The molecule has 1 saturated heterocycles. The lowest BCUT2D eigenvalue weighted by atomic mass is 10.00. The molecule has 1 heterocycles. The van der Waals surface area contributed by atoms with Crippen LogP contribution >= 0.6 is 0 Å². The third-order valence-corrected chi connectivity index (χ3v) is 6.48. The fourth-order valence-corrected chi connectivity index (χ4v) is 4.59. The molecule has 3 aromatic carbocycles. The maximum atomic E-state index is 14.8. The smallest absolute Gasteiger partial charge is 0.201 e. The van der Waals surface area contributed by atoms with Gasteiger partial charge in [-0.05, 0) is 54.5 Å². The summed E-state index contributed by atoms with van der Waals surface area (Å²) in [6.45, 7) is 4.03. The van der Waals surface area contributed by atoms with Crippen LogP contribution < -0.4 is 4.74 Å². The summed E-state index contributed by atoms with van der Waals surface area (Å²) in [6.07, 6.45) is 5.61. The first-order valence-corrected chi connectivity index (χ1v) is 12.2. The Balaban J connectivity index is 1.44. The summed E-state index contributed by atoms with van der Waals surface area (Å²) in [5.74, 6) is -5.02. The van der Waals surface area contributed by atoms with Crippen molar-refractivity contribution >= 4 is 0 Å². The molecule has 0 aromatic heterocycles. The van der Waals surface area contributed by atoms with E-state index >= 15 is 0 Å². The van der Waals surface area contributed by atoms with Gasteiger partial charge < -0.3 is 9.47 Å². The molecule has 2 unspecified atom stereocenters. The number of rotatable bonds is 9. The number of hydrogen-bond donors (Lipinski definition) is 0. The molecule has 0 aliphatic carbocycles. The normalized spacial score (nSPS) is 17.7. The highest BCUT2D eigenvalue weighted by Crippen LogP contribution is 2.35. The van der Waals surface area contributed by atoms with E-state index in [0.717, 1.165) is 36.8 Å². The summed E-state index contributed by atoms with van der Waals surface area (Å²) in [5, 5.41) is 0. The zero-order chi connectivity index (χ0) is 24.9. The monoisotopic (exact) mass is 486 g/mol. The topological polar surface area (TPSA) is 18.5 Å². The minimum absolute atomic E-state index is 0.0364. The van der Waals surface area contributed by atoms with Gasteiger partial charge in [-0.3, -0.25) is 0 Å². The van der Waals surface area contributed by atoms with Gasteiger partial charge in [-0.2, -0.15) is 4.39 Å². The predicted octanol–water partition coefficient (Wildman–Crippen LogP) is 8.46. The van der Waals surface area contributed by atoms with Gasteiger partial charge in [-0.15, -0.1) is 0 Å². The van der Waals surface area contributed by atoms with Crippen LogP contribution in [0.5, 0.6) is 5.75 Å². The zero-order valence-electron chi connectivity index (χ0n) is 20.1. The Hall–Kier alpha value is -2.86. The van der Waals surface area contributed by atoms with Gasteiger partial charge in [0.25, 0.3) is 0 Å². The predicted molar refractivity (Wildman–Crippen MR) is 128 cm³/mol. The van der Waals surface area contributed by atoms with E-state index in [1.807, 2.05) is 31.2 Å². The Labute approximate surface area is 203 Å². The van der Waals surface area contributed by atoms with Gasteiger partial charge in [0.15, 0.2) is 23.2 Å². The molecule has 2 atom stereocenters. The van der Waals surface area contributed by atoms with E-state index in [1.165, 1.54) is 24.3 Å². The molecular formula is C29H30F4O2. The Bertz CT molecular complexity index is 1160. The van der Waals surface area contributed by atoms with Crippen LogP contribution in [-0.4, -0.2) is 6.10 Å². The van der Waals surface area contributed by atoms with Crippen molar-refractivity contribution in [1.29, 1.82) is 0 Å². The second kappa shape index (κ2) is 11.3. The van der Waals surface area contributed by atoms with Crippen LogP contribution in [0.15, 0.2) is 48.5 Å². The molecule has 2 nitrogen and oxygen atoms in total. The molecule has 1 aliphatic heterocycles. The Morgan fingerprint density at radius 2 is 1.46 bits per heavy atom. The average molecular weight is 487 g/mol. The van der Waals surface area contributed by atoms with Gasteiger partial charge >= 0.3 is 0 Å². The standard InChI is InChI=1S/C29H30F4O2/c1-3-5-20-11-13-22(27(31)26(20)30)23-14-16-25(29(33)28(23)32)34-17-18-7-9-19(10-8-18)24-15-12-21(35-24)6-4-2/h7-11,13-14,16,21,24H,3-6,12,15,17H2,1-2H3. The fraction of sp³-hybridized carbons (Fsp3) is 0.379. The Kier molecular flexibility index (Phi) is 8.11. The second-order valence-electron chi connectivity index (χ2n) is 9.03. The third-order valence-electron chi connectivity index (χ3n) is 6.48. The summed E-state index contributed by atoms with van der Waals surface area (Å²) < 4.78 is 70.0. The van der Waals surface area contributed by atoms with Gasteiger partial charge in [0.2, 0.25) is 5.82 Å². The molecule has 1 aliphatic rings. The molecule has 1 fully saturated rings. The SMILES string of the molecule is CCCc1ccc(-c2ccc(OCc3ccc(C4CCC(CCC)O4)cc3)c(F)c2F)c(F)c1F. The van der Waals surface area contributed by atoms with Crippen molar-refractivity contribution in [3.8, 4) is 16.9 Å². The Morgan fingerprint density at radius 3 is 2.14 bits per heavy atom. The molecule has 6 heteroatoms. The van der Waals surface area contributed by atoms with Crippen molar-refractivity contribution in [2.24, 2.45) is 0 Å².